The van der Waals surface area contributed by atoms with Gasteiger partial charge in [0.05, 0.1) is 5.60 Å². The van der Waals surface area contributed by atoms with Gasteiger partial charge in [-0.15, -0.1) is 0 Å². The summed E-state index contributed by atoms with van der Waals surface area (Å²) >= 11 is 0. The normalized spacial score (nSPS) is 25.5. The molecule has 1 aliphatic rings. The van der Waals surface area contributed by atoms with Gasteiger partial charge in [0.15, 0.2) is 0 Å². The van der Waals surface area contributed by atoms with E-state index in [1.165, 1.54) is 31.2 Å². The van der Waals surface area contributed by atoms with Gasteiger partial charge < -0.3 is 15.2 Å². The molecular weight excluding hydrogens is 262 g/mol. The number of methoxy groups -OCH3 is 1. The fraction of sp³-hybridized carbons (Fsp3) is 0.667. The molecule has 1 aromatic rings. The first kappa shape index (κ1) is 16.5. The Morgan fingerprint density at radius 1 is 1.24 bits per heavy atom. The summed E-state index contributed by atoms with van der Waals surface area (Å²) in [7, 11) is 1.68. The zero-order chi connectivity index (χ0) is 15.1. The van der Waals surface area contributed by atoms with Crippen molar-refractivity contribution in [3.63, 3.8) is 0 Å². The molecule has 1 aromatic carbocycles. The molecule has 3 atom stereocenters. The molecule has 3 heteroatoms. The predicted octanol–water partition coefficient (Wildman–Crippen LogP) is 3.09. The molecule has 2 N–H and O–H groups in total. The molecule has 1 fully saturated rings. The zero-order valence-corrected chi connectivity index (χ0v) is 13.3. The Balaban J connectivity index is 1.93. The standard InChI is InChI=1S/C18H29NO2/c1-18(20,12-13-21-2)14-19-17-11-7-6-10-16(17)15-8-4-3-5-9-15/h3-5,8-9,16-17,19-20H,6-7,10-14H2,1-2H3. The fourth-order valence-electron chi connectivity index (χ4n) is 3.24. The van der Waals surface area contributed by atoms with Crippen molar-refractivity contribution in [3.8, 4) is 0 Å². The second-order valence-electron chi connectivity index (χ2n) is 6.53. The summed E-state index contributed by atoms with van der Waals surface area (Å²) in [5.41, 5.74) is 0.723. The highest BCUT2D eigenvalue weighted by Crippen LogP contribution is 2.33. The van der Waals surface area contributed by atoms with Gasteiger partial charge in [0, 0.05) is 32.7 Å². The van der Waals surface area contributed by atoms with E-state index >= 15 is 0 Å². The first-order chi connectivity index (χ1) is 10.1. The number of hydrogen-bond donors (Lipinski definition) is 2. The first-order valence-electron chi connectivity index (χ1n) is 8.12. The van der Waals surface area contributed by atoms with Crippen LogP contribution in [0.3, 0.4) is 0 Å². The largest absolute Gasteiger partial charge is 0.389 e. The Bertz CT molecular complexity index is 405. The molecule has 0 radical (unpaired) electrons. The van der Waals surface area contributed by atoms with Crippen molar-refractivity contribution in [1.29, 1.82) is 0 Å². The highest BCUT2D eigenvalue weighted by molar-refractivity contribution is 5.22. The van der Waals surface area contributed by atoms with Crippen LogP contribution in [0, 0.1) is 0 Å². The lowest BCUT2D eigenvalue weighted by molar-refractivity contribution is 0.0210. The van der Waals surface area contributed by atoms with Crippen molar-refractivity contribution in [2.24, 2.45) is 0 Å². The lowest BCUT2D eigenvalue weighted by Gasteiger charge is -2.35. The maximum Gasteiger partial charge on any atom is 0.0765 e. The summed E-state index contributed by atoms with van der Waals surface area (Å²) in [5, 5.41) is 14.0. The second kappa shape index (κ2) is 7.92. The second-order valence-corrected chi connectivity index (χ2v) is 6.53. The summed E-state index contributed by atoms with van der Waals surface area (Å²) in [5.74, 6) is 0.568. The molecule has 3 nitrogen and oxygen atoms in total. The molecule has 2 rings (SSSR count). The van der Waals surface area contributed by atoms with Crippen LogP contribution in [0.25, 0.3) is 0 Å². The maximum absolute atomic E-state index is 10.4. The van der Waals surface area contributed by atoms with Gasteiger partial charge in [-0.3, -0.25) is 0 Å². The minimum absolute atomic E-state index is 0.468. The van der Waals surface area contributed by atoms with E-state index in [-0.39, 0.29) is 0 Å². The number of nitrogens with one attached hydrogen (secondary N) is 1. The molecule has 0 heterocycles. The van der Waals surface area contributed by atoms with Crippen LogP contribution < -0.4 is 5.32 Å². The van der Waals surface area contributed by atoms with Gasteiger partial charge in [0.2, 0.25) is 0 Å². The van der Waals surface area contributed by atoms with Crippen LogP contribution in [0.2, 0.25) is 0 Å². The molecular formula is C18H29NO2. The average molecular weight is 291 g/mol. The van der Waals surface area contributed by atoms with Crippen molar-refractivity contribution >= 4 is 0 Å². The van der Waals surface area contributed by atoms with E-state index < -0.39 is 5.60 Å². The van der Waals surface area contributed by atoms with Crippen LogP contribution in [0.4, 0.5) is 0 Å². The first-order valence-corrected chi connectivity index (χ1v) is 8.12. The van der Waals surface area contributed by atoms with Gasteiger partial charge in [0.1, 0.15) is 0 Å². The van der Waals surface area contributed by atoms with Gasteiger partial charge in [-0.2, -0.15) is 0 Å². The zero-order valence-electron chi connectivity index (χ0n) is 13.3. The van der Waals surface area contributed by atoms with Gasteiger partial charge >= 0.3 is 0 Å². The van der Waals surface area contributed by atoms with Crippen LogP contribution in [0.15, 0.2) is 30.3 Å². The summed E-state index contributed by atoms with van der Waals surface area (Å²) in [4.78, 5) is 0. The summed E-state index contributed by atoms with van der Waals surface area (Å²) in [6.45, 7) is 3.12. The van der Waals surface area contributed by atoms with Crippen molar-refractivity contribution < 1.29 is 9.84 Å². The monoisotopic (exact) mass is 291 g/mol. The van der Waals surface area contributed by atoms with E-state index in [2.05, 4.69) is 35.6 Å². The third-order valence-corrected chi connectivity index (χ3v) is 4.58. The molecule has 0 aliphatic heterocycles. The van der Waals surface area contributed by atoms with E-state index in [0.717, 1.165) is 0 Å². The molecule has 0 bridgehead atoms. The SMILES string of the molecule is COCCC(C)(O)CNC1CCCCC1c1ccccc1. The molecule has 118 valence electrons. The van der Waals surface area contributed by atoms with Crippen LogP contribution in [-0.2, 0) is 4.74 Å². The molecule has 3 unspecified atom stereocenters. The molecule has 0 amide bonds. The molecule has 0 aromatic heterocycles. The quantitative estimate of drug-likeness (QED) is 0.811. The van der Waals surface area contributed by atoms with Crippen LogP contribution >= 0.6 is 0 Å². The average Bonchev–Trinajstić information content (AvgIpc) is 2.52. The lowest BCUT2D eigenvalue weighted by Crippen LogP contribution is -2.46. The third kappa shape index (κ3) is 5.10. The smallest absolute Gasteiger partial charge is 0.0765 e. The van der Waals surface area contributed by atoms with E-state index in [1.54, 1.807) is 7.11 Å². The number of aliphatic hydroxyl groups is 1. The van der Waals surface area contributed by atoms with Crippen LogP contribution in [0.5, 0.6) is 0 Å². The highest BCUT2D eigenvalue weighted by Gasteiger charge is 2.28. The molecule has 1 aliphatic carbocycles. The van der Waals surface area contributed by atoms with Crippen molar-refractivity contribution in [1.82, 2.24) is 5.32 Å². The number of ether oxygens (including phenoxy) is 1. The maximum atomic E-state index is 10.4. The summed E-state index contributed by atoms with van der Waals surface area (Å²) < 4.78 is 5.07. The van der Waals surface area contributed by atoms with E-state index in [0.29, 0.717) is 31.5 Å². The summed E-state index contributed by atoms with van der Waals surface area (Å²) in [6, 6.07) is 11.2. The van der Waals surface area contributed by atoms with E-state index in [9.17, 15) is 5.11 Å². The van der Waals surface area contributed by atoms with Crippen molar-refractivity contribution in [2.75, 3.05) is 20.3 Å². The van der Waals surface area contributed by atoms with Gasteiger partial charge in [-0.25, -0.2) is 0 Å². The Labute approximate surface area is 128 Å². The van der Waals surface area contributed by atoms with Gasteiger partial charge in [0.25, 0.3) is 0 Å². The number of hydrogen-bond acceptors (Lipinski definition) is 3. The van der Waals surface area contributed by atoms with Crippen LogP contribution in [-0.4, -0.2) is 37.0 Å². The third-order valence-electron chi connectivity index (χ3n) is 4.58. The molecule has 0 saturated heterocycles. The van der Waals surface area contributed by atoms with Gasteiger partial charge in [-0.05, 0) is 31.2 Å². The fourth-order valence-corrected chi connectivity index (χ4v) is 3.24. The van der Waals surface area contributed by atoms with E-state index in [4.69, 9.17) is 4.74 Å². The highest BCUT2D eigenvalue weighted by atomic mass is 16.5. The minimum atomic E-state index is -0.700. The Morgan fingerprint density at radius 3 is 2.67 bits per heavy atom. The molecule has 21 heavy (non-hydrogen) atoms. The molecule has 0 spiro atoms. The Morgan fingerprint density at radius 2 is 1.95 bits per heavy atom. The van der Waals surface area contributed by atoms with Crippen molar-refractivity contribution in [2.45, 2.75) is 56.6 Å². The van der Waals surface area contributed by atoms with Gasteiger partial charge in [-0.1, -0.05) is 43.2 Å². The van der Waals surface area contributed by atoms with Crippen molar-refractivity contribution in [3.05, 3.63) is 35.9 Å². The predicted molar refractivity (Wildman–Crippen MR) is 86.6 cm³/mol. The topological polar surface area (TPSA) is 41.5 Å². The van der Waals surface area contributed by atoms with E-state index in [1.807, 2.05) is 6.92 Å². The summed E-state index contributed by atoms with van der Waals surface area (Å²) in [6.07, 6.45) is 5.68. The Kier molecular flexibility index (Phi) is 6.22. The lowest BCUT2D eigenvalue weighted by atomic mass is 9.79. The number of rotatable bonds is 7. The Hall–Kier alpha value is -0.900. The minimum Gasteiger partial charge on any atom is -0.389 e. The number of benzene rings is 1. The molecule has 1 saturated carbocycles. The van der Waals surface area contributed by atoms with Crippen LogP contribution in [0.1, 0.15) is 50.5 Å².